The Morgan fingerprint density at radius 1 is 0.283 bits per heavy atom. The van der Waals surface area contributed by atoms with Crippen LogP contribution in [0.1, 0.15) is 54.9 Å². The number of unbranched alkanes of at least 4 members (excludes halogenated alkanes) is 4. The van der Waals surface area contributed by atoms with E-state index in [-0.39, 0.29) is 0 Å². The molecule has 0 aliphatic heterocycles. The molecule has 264 valence electrons. The summed E-state index contributed by atoms with van der Waals surface area (Å²) < 4.78 is 0. The predicted octanol–water partition coefficient (Wildman–Crippen LogP) is 10.5. The van der Waals surface area contributed by atoms with Crippen molar-refractivity contribution in [2.45, 2.75) is 58.3 Å². The lowest BCUT2D eigenvalue weighted by Gasteiger charge is -2.23. The molecule has 6 heteroatoms. The normalized spacial score (nSPS) is 11.8. The lowest BCUT2D eigenvalue weighted by atomic mass is 10.1. The minimum atomic E-state index is 0.805. The van der Waals surface area contributed by atoms with E-state index in [0.717, 1.165) is 97.0 Å². The number of hydrogen-bond acceptors (Lipinski definition) is 6. The molecular weight excluding hydrogens is 649 g/mol. The minimum absolute atomic E-state index is 0.805. The molecule has 0 unspecified atom stereocenters. The highest BCUT2D eigenvalue weighted by atomic mass is 15.1. The largest absolute Gasteiger partial charge is 0.292 e. The molecule has 4 heterocycles. The highest BCUT2D eigenvalue weighted by molar-refractivity contribution is 5.80. The molecule has 8 rings (SSSR count). The van der Waals surface area contributed by atoms with Gasteiger partial charge in [-0.2, -0.15) is 0 Å². The molecule has 4 aromatic heterocycles. The second kappa shape index (κ2) is 16.8. The monoisotopic (exact) mass is 694 g/mol. The van der Waals surface area contributed by atoms with Crippen LogP contribution in [-0.4, -0.2) is 42.8 Å². The number of fused-ring (bicyclic) bond motifs is 4. The van der Waals surface area contributed by atoms with Crippen molar-refractivity contribution in [2.24, 2.45) is 0 Å². The van der Waals surface area contributed by atoms with E-state index >= 15 is 0 Å². The highest BCUT2D eigenvalue weighted by Gasteiger charge is 2.13. The molecule has 0 bridgehead atoms. The van der Waals surface area contributed by atoms with Crippen molar-refractivity contribution in [1.82, 2.24) is 29.7 Å². The first-order valence-electron chi connectivity index (χ1n) is 19.1. The smallest absolute Gasteiger partial charge is 0.0705 e. The molecule has 0 amide bonds. The van der Waals surface area contributed by atoms with Crippen LogP contribution in [0.2, 0.25) is 0 Å². The summed E-state index contributed by atoms with van der Waals surface area (Å²) in [5, 5.41) is 4.72. The Bertz CT molecular complexity index is 2110. The zero-order valence-corrected chi connectivity index (χ0v) is 30.3. The second-order valence-electron chi connectivity index (χ2n) is 14.2. The van der Waals surface area contributed by atoms with Crippen LogP contribution in [-0.2, 0) is 26.2 Å². The maximum atomic E-state index is 5.01. The van der Waals surface area contributed by atoms with E-state index in [9.17, 15) is 0 Å². The van der Waals surface area contributed by atoms with E-state index in [4.69, 9.17) is 19.9 Å². The third-order valence-corrected chi connectivity index (χ3v) is 10.1. The van der Waals surface area contributed by atoms with Crippen LogP contribution in [0, 0.1) is 0 Å². The molecule has 0 aliphatic rings. The van der Waals surface area contributed by atoms with Gasteiger partial charge in [0.05, 0.1) is 44.8 Å². The number of rotatable bonds is 16. The second-order valence-corrected chi connectivity index (χ2v) is 14.2. The summed E-state index contributed by atoms with van der Waals surface area (Å²) >= 11 is 0. The van der Waals surface area contributed by atoms with E-state index < -0.39 is 0 Å². The van der Waals surface area contributed by atoms with E-state index in [2.05, 4.69) is 155 Å². The average Bonchev–Trinajstić information content (AvgIpc) is 3.20. The Morgan fingerprint density at radius 3 is 0.849 bits per heavy atom. The number of pyridine rings is 4. The first-order valence-corrected chi connectivity index (χ1v) is 19.1. The van der Waals surface area contributed by atoms with Crippen molar-refractivity contribution in [3.8, 4) is 0 Å². The lowest BCUT2D eigenvalue weighted by Crippen LogP contribution is -2.25. The molecule has 8 aromatic rings. The Hall–Kier alpha value is -5.56. The quantitative estimate of drug-likeness (QED) is 0.0939. The predicted molar refractivity (Wildman–Crippen MR) is 218 cm³/mol. The number of benzene rings is 4. The Labute approximate surface area is 312 Å². The van der Waals surface area contributed by atoms with Gasteiger partial charge in [-0.1, -0.05) is 116 Å². The first-order chi connectivity index (χ1) is 26.2. The molecule has 0 saturated heterocycles. The van der Waals surface area contributed by atoms with Gasteiger partial charge >= 0.3 is 0 Å². The molecule has 0 atom stereocenters. The van der Waals surface area contributed by atoms with Crippen molar-refractivity contribution < 1.29 is 0 Å². The number of hydrogen-bond donors (Lipinski definition) is 0. The van der Waals surface area contributed by atoms with Crippen LogP contribution in [0.5, 0.6) is 0 Å². The van der Waals surface area contributed by atoms with E-state index in [1.165, 1.54) is 40.8 Å². The van der Waals surface area contributed by atoms with E-state index in [0.29, 0.717) is 0 Å². The van der Waals surface area contributed by atoms with Gasteiger partial charge in [0.2, 0.25) is 0 Å². The fourth-order valence-corrected chi connectivity index (χ4v) is 7.33. The molecule has 53 heavy (non-hydrogen) atoms. The van der Waals surface area contributed by atoms with Gasteiger partial charge < -0.3 is 0 Å². The first kappa shape index (κ1) is 34.5. The van der Waals surface area contributed by atoms with Gasteiger partial charge in [0.25, 0.3) is 0 Å². The van der Waals surface area contributed by atoms with Crippen LogP contribution >= 0.6 is 0 Å². The zero-order chi connectivity index (χ0) is 35.7. The van der Waals surface area contributed by atoms with Crippen molar-refractivity contribution in [3.63, 3.8) is 0 Å². The minimum Gasteiger partial charge on any atom is -0.292 e. The molecule has 0 fully saturated rings. The summed E-state index contributed by atoms with van der Waals surface area (Å²) in [6, 6.07) is 51.0. The van der Waals surface area contributed by atoms with Crippen LogP contribution in [0.15, 0.2) is 146 Å². The molecule has 0 N–H and O–H groups in total. The highest BCUT2D eigenvalue weighted by Crippen LogP contribution is 2.20. The Morgan fingerprint density at radius 2 is 0.547 bits per heavy atom. The summed E-state index contributed by atoms with van der Waals surface area (Å²) in [5.74, 6) is 0. The van der Waals surface area contributed by atoms with Crippen LogP contribution in [0.25, 0.3) is 43.6 Å². The van der Waals surface area contributed by atoms with Gasteiger partial charge in [0.15, 0.2) is 0 Å². The van der Waals surface area contributed by atoms with Crippen molar-refractivity contribution in [1.29, 1.82) is 0 Å². The van der Waals surface area contributed by atoms with Gasteiger partial charge in [0, 0.05) is 47.7 Å². The standard InChI is InChI=1S/C47H46N6/c1(2-12-30-52(32-40-26-22-36-14-4-8-18-44(36)48-40)33-41-27-23-37-15-5-9-19-45(37)49-41)3-13-31-53(34-42-28-24-38-16-6-10-20-46(38)50-42)35-43-29-25-39-17-7-11-21-47(39)51-43/h4-11,14-29H,1-3,12-13,30-35H2. The molecule has 4 aromatic carbocycles. The maximum absolute atomic E-state index is 5.01. The number of para-hydroxylation sites is 4. The van der Waals surface area contributed by atoms with Gasteiger partial charge in [0.1, 0.15) is 0 Å². The van der Waals surface area contributed by atoms with Crippen LogP contribution in [0.3, 0.4) is 0 Å². The lowest BCUT2D eigenvalue weighted by molar-refractivity contribution is 0.238. The van der Waals surface area contributed by atoms with Gasteiger partial charge in [-0.15, -0.1) is 0 Å². The molecule has 0 saturated carbocycles. The summed E-state index contributed by atoms with van der Waals surface area (Å²) in [6.07, 6.45) is 5.91. The third kappa shape index (κ3) is 9.09. The van der Waals surface area contributed by atoms with Crippen molar-refractivity contribution in [3.05, 3.63) is 168 Å². The fourth-order valence-electron chi connectivity index (χ4n) is 7.33. The van der Waals surface area contributed by atoms with Crippen molar-refractivity contribution >= 4 is 43.6 Å². The zero-order valence-electron chi connectivity index (χ0n) is 30.3. The third-order valence-electron chi connectivity index (χ3n) is 10.1. The summed E-state index contributed by atoms with van der Waals surface area (Å²) in [5.41, 5.74) is 8.62. The average molecular weight is 695 g/mol. The summed E-state index contributed by atoms with van der Waals surface area (Å²) in [4.78, 5) is 25.1. The molecule has 0 spiro atoms. The molecular formula is C47H46N6. The van der Waals surface area contributed by atoms with Gasteiger partial charge in [-0.3, -0.25) is 29.7 Å². The molecule has 0 radical (unpaired) electrons. The number of aromatic nitrogens is 4. The van der Waals surface area contributed by atoms with Gasteiger partial charge in [-0.05, 0) is 74.5 Å². The van der Waals surface area contributed by atoms with Crippen LogP contribution in [0.4, 0.5) is 0 Å². The molecule has 0 aliphatic carbocycles. The Kier molecular flexibility index (Phi) is 11.0. The fraction of sp³-hybridized carbons (Fsp3) is 0.234. The summed E-state index contributed by atoms with van der Waals surface area (Å²) in [6.45, 7) is 5.24. The van der Waals surface area contributed by atoms with Crippen LogP contribution < -0.4 is 0 Å². The summed E-state index contributed by atoms with van der Waals surface area (Å²) in [7, 11) is 0. The van der Waals surface area contributed by atoms with Crippen molar-refractivity contribution in [2.75, 3.05) is 13.1 Å². The molecule has 6 nitrogen and oxygen atoms in total. The Balaban J connectivity index is 0.882. The van der Waals surface area contributed by atoms with E-state index in [1.807, 2.05) is 0 Å². The topological polar surface area (TPSA) is 58.0 Å². The van der Waals surface area contributed by atoms with Gasteiger partial charge in [-0.25, -0.2) is 0 Å². The maximum Gasteiger partial charge on any atom is 0.0705 e. The van der Waals surface area contributed by atoms with E-state index in [1.54, 1.807) is 0 Å². The SMILES string of the molecule is c1ccc2nc(CN(CCCCCCCN(Cc3ccc4ccccc4n3)Cc3ccc4ccccc4n3)Cc3ccc4ccccc4n3)ccc2c1. The number of nitrogens with zero attached hydrogens (tertiary/aromatic N) is 6.